The molecule has 0 unspecified atom stereocenters. The summed E-state index contributed by atoms with van der Waals surface area (Å²) in [6.45, 7) is 5.87. The van der Waals surface area contributed by atoms with Crippen LogP contribution in [0.15, 0.2) is 12.3 Å². The van der Waals surface area contributed by atoms with E-state index in [0.29, 0.717) is 11.8 Å². The van der Waals surface area contributed by atoms with E-state index in [0.717, 1.165) is 22.4 Å². The fraction of sp³-hybridized carbons (Fsp3) is 0.357. The topological polar surface area (TPSA) is 57.0 Å². The Bertz CT molecular complexity index is 665. The van der Waals surface area contributed by atoms with Crippen molar-refractivity contribution in [1.82, 2.24) is 14.8 Å². The van der Waals surface area contributed by atoms with Gasteiger partial charge in [0.1, 0.15) is 5.15 Å². The molecule has 0 aliphatic carbocycles. The lowest BCUT2D eigenvalue weighted by Crippen LogP contribution is -2.08. The first-order valence-electron chi connectivity index (χ1n) is 6.29. The van der Waals surface area contributed by atoms with E-state index in [9.17, 15) is 4.79 Å². The van der Waals surface area contributed by atoms with Crippen LogP contribution in [0.3, 0.4) is 0 Å². The Balaban J connectivity index is 2.58. The lowest BCUT2D eigenvalue weighted by Gasteiger charge is -2.09. The zero-order valence-corrected chi connectivity index (χ0v) is 12.7. The first-order valence-corrected chi connectivity index (χ1v) is 6.66. The van der Waals surface area contributed by atoms with Gasteiger partial charge in [-0.1, -0.05) is 11.6 Å². The number of carbonyl (C=O) groups excluding carboxylic acids is 1. The minimum atomic E-state index is -0.475. The molecule has 2 aromatic rings. The summed E-state index contributed by atoms with van der Waals surface area (Å²) in [7, 11) is 1.86. The van der Waals surface area contributed by atoms with Crippen LogP contribution in [0.2, 0.25) is 5.15 Å². The smallest absolute Gasteiger partial charge is 0.356 e. The van der Waals surface area contributed by atoms with Crippen molar-refractivity contribution in [2.75, 3.05) is 6.61 Å². The number of rotatable bonds is 3. The fourth-order valence-corrected chi connectivity index (χ4v) is 2.12. The lowest BCUT2D eigenvalue weighted by atomic mass is 10.0. The molecule has 20 heavy (non-hydrogen) atoms. The van der Waals surface area contributed by atoms with Gasteiger partial charge in [-0.25, -0.2) is 9.78 Å². The van der Waals surface area contributed by atoms with E-state index >= 15 is 0 Å². The van der Waals surface area contributed by atoms with Gasteiger partial charge in [0.05, 0.1) is 12.8 Å². The maximum Gasteiger partial charge on any atom is 0.356 e. The highest BCUT2D eigenvalue weighted by Crippen LogP contribution is 2.30. The molecule has 0 radical (unpaired) electrons. The van der Waals surface area contributed by atoms with Crippen LogP contribution >= 0.6 is 11.6 Å². The van der Waals surface area contributed by atoms with Crippen molar-refractivity contribution in [3.8, 4) is 11.1 Å². The van der Waals surface area contributed by atoms with E-state index in [1.54, 1.807) is 23.9 Å². The van der Waals surface area contributed by atoms with Gasteiger partial charge < -0.3 is 4.74 Å². The molecule has 0 amide bonds. The van der Waals surface area contributed by atoms with Gasteiger partial charge in [-0.3, -0.25) is 4.68 Å². The van der Waals surface area contributed by atoms with E-state index in [4.69, 9.17) is 16.3 Å². The molecule has 2 aromatic heterocycles. The van der Waals surface area contributed by atoms with Crippen molar-refractivity contribution in [1.29, 1.82) is 0 Å². The van der Waals surface area contributed by atoms with E-state index < -0.39 is 5.97 Å². The molecular formula is C14H16ClN3O2. The Hall–Kier alpha value is -1.88. The second-order valence-electron chi connectivity index (χ2n) is 4.46. The SMILES string of the molecule is CCOC(=O)c1cc(-c2cnn(C)c2C)c(C)c(Cl)n1. The summed E-state index contributed by atoms with van der Waals surface area (Å²) in [6, 6.07) is 1.70. The van der Waals surface area contributed by atoms with Gasteiger partial charge in [0.25, 0.3) is 0 Å². The molecule has 5 nitrogen and oxygen atoms in total. The monoisotopic (exact) mass is 293 g/mol. The van der Waals surface area contributed by atoms with Gasteiger partial charge in [0.15, 0.2) is 5.69 Å². The van der Waals surface area contributed by atoms with Crippen LogP contribution in [-0.4, -0.2) is 27.3 Å². The number of nitrogens with zero attached hydrogens (tertiary/aromatic N) is 3. The standard InChI is InChI=1S/C14H16ClN3O2/c1-5-20-14(19)12-6-10(8(2)13(15)17-12)11-7-16-18(4)9(11)3/h6-7H,5H2,1-4H3. The molecular weight excluding hydrogens is 278 g/mol. The molecule has 106 valence electrons. The van der Waals surface area contributed by atoms with Gasteiger partial charge in [0.2, 0.25) is 0 Å². The van der Waals surface area contributed by atoms with Crippen molar-refractivity contribution in [3.05, 3.63) is 34.4 Å². The Morgan fingerprint density at radius 1 is 1.40 bits per heavy atom. The normalized spacial score (nSPS) is 10.7. The maximum absolute atomic E-state index is 11.8. The summed E-state index contributed by atoms with van der Waals surface area (Å²) < 4.78 is 6.74. The Labute approximate surface area is 122 Å². The second kappa shape index (κ2) is 5.63. The third-order valence-corrected chi connectivity index (χ3v) is 3.59. The molecule has 0 saturated heterocycles. The zero-order valence-electron chi connectivity index (χ0n) is 11.9. The predicted molar refractivity (Wildman–Crippen MR) is 76.9 cm³/mol. The third kappa shape index (κ3) is 2.54. The van der Waals surface area contributed by atoms with Crippen LogP contribution in [-0.2, 0) is 11.8 Å². The van der Waals surface area contributed by atoms with Crippen LogP contribution in [0, 0.1) is 13.8 Å². The van der Waals surface area contributed by atoms with Crippen molar-refractivity contribution < 1.29 is 9.53 Å². The number of hydrogen-bond acceptors (Lipinski definition) is 4. The van der Waals surface area contributed by atoms with Crippen molar-refractivity contribution in [2.45, 2.75) is 20.8 Å². The number of aromatic nitrogens is 3. The molecule has 0 aliphatic rings. The Morgan fingerprint density at radius 2 is 2.10 bits per heavy atom. The van der Waals surface area contributed by atoms with Crippen LogP contribution in [0.5, 0.6) is 0 Å². The second-order valence-corrected chi connectivity index (χ2v) is 4.82. The van der Waals surface area contributed by atoms with Crippen LogP contribution in [0.25, 0.3) is 11.1 Å². The molecule has 0 atom stereocenters. The van der Waals surface area contributed by atoms with Gasteiger partial charge in [-0.2, -0.15) is 5.10 Å². The van der Waals surface area contributed by atoms with Gasteiger partial charge in [-0.05, 0) is 38.0 Å². The number of carbonyl (C=O) groups is 1. The van der Waals surface area contributed by atoms with E-state index in [2.05, 4.69) is 10.1 Å². The van der Waals surface area contributed by atoms with Gasteiger partial charge in [-0.15, -0.1) is 0 Å². The van der Waals surface area contributed by atoms with Crippen molar-refractivity contribution >= 4 is 17.6 Å². The average molecular weight is 294 g/mol. The average Bonchev–Trinajstić information content (AvgIpc) is 2.73. The van der Waals surface area contributed by atoms with Crippen LogP contribution in [0.4, 0.5) is 0 Å². The van der Waals surface area contributed by atoms with Crippen molar-refractivity contribution in [2.24, 2.45) is 7.05 Å². The quantitative estimate of drug-likeness (QED) is 0.645. The number of ether oxygens (including phenoxy) is 1. The minimum Gasteiger partial charge on any atom is -0.461 e. The number of pyridine rings is 1. The number of esters is 1. The first-order chi connectivity index (χ1) is 9.45. The van der Waals surface area contributed by atoms with E-state index in [-0.39, 0.29) is 5.69 Å². The molecule has 0 saturated carbocycles. The summed E-state index contributed by atoms with van der Waals surface area (Å²) in [4.78, 5) is 15.9. The summed E-state index contributed by atoms with van der Waals surface area (Å²) in [6.07, 6.45) is 1.75. The van der Waals surface area contributed by atoms with E-state index in [1.165, 1.54) is 0 Å². The third-order valence-electron chi connectivity index (χ3n) is 3.22. The summed E-state index contributed by atoms with van der Waals surface area (Å²) in [5, 5.41) is 4.51. The van der Waals surface area contributed by atoms with Crippen LogP contribution in [0.1, 0.15) is 28.7 Å². The fourth-order valence-electron chi connectivity index (χ4n) is 1.93. The molecule has 2 heterocycles. The molecule has 0 aromatic carbocycles. The highest BCUT2D eigenvalue weighted by molar-refractivity contribution is 6.30. The lowest BCUT2D eigenvalue weighted by molar-refractivity contribution is 0.0519. The maximum atomic E-state index is 11.8. The molecule has 0 aliphatic heterocycles. The summed E-state index contributed by atoms with van der Waals surface area (Å²) in [5.74, 6) is -0.475. The number of hydrogen-bond donors (Lipinski definition) is 0. The predicted octanol–water partition coefficient (Wildman–Crippen LogP) is 2.93. The van der Waals surface area contributed by atoms with Gasteiger partial charge >= 0.3 is 5.97 Å². The van der Waals surface area contributed by atoms with E-state index in [1.807, 2.05) is 20.9 Å². The molecule has 0 fully saturated rings. The summed E-state index contributed by atoms with van der Waals surface area (Å²) in [5.41, 5.74) is 3.79. The Kier molecular flexibility index (Phi) is 4.09. The number of halogens is 1. The molecule has 0 bridgehead atoms. The molecule has 2 rings (SSSR count). The summed E-state index contributed by atoms with van der Waals surface area (Å²) >= 11 is 6.13. The zero-order chi connectivity index (χ0) is 14.9. The Morgan fingerprint density at radius 3 is 2.65 bits per heavy atom. The highest BCUT2D eigenvalue weighted by atomic mass is 35.5. The highest BCUT2D eigenvalue weighted by Gasteiger charge is 2.17. The largest absolute Gasteiger partial charge is 0.461 e. The number of aryl methyl sites for hydroxylation is 1. The first kappa shape index (κ1) is 14.5. The minimum absolute atomic E-state index is 0.209. The molecule has 0 spiro atoms. The van der Waals surface area contributed by atoms with Crippen molar-refractivity contribution in [3.63, 3.8) is 0 Å². The molecule has 0 N–H and O–H groups in total. The van der Waals surface area contributed by atoms with Crippen LogP contribution < -0.4 is 0 Å². The van der Waals surface area contributed by atoms with Gasteiger partial charge in [0, 0.05) is 18.3 Å². The molecule has 6 heteroatoms.